The third kappa shape index (κ3) is 3.98. The number of anilines is 1. The standard InChI is InChI=1S/C14H21FN2O.ClH/c1-3-6-16-7-9-17(10-8-16)14-5-4-12(18-2)11-13(14)15;/h4-5,11H,3,6-10H2,1-2H3;1H. The van der Waals surface area contributed by atoms with Crippen molar-refractivity contribution in [3.05, 3.63) is 24.0 Å². The fraction of sp³-hybridized carbons (Fsp3) is 0.571. The molecule has 0 aliphatic carbocycles. The number of nitrogens with zero attached hydrogens (tertiary/aromatic N) is 2. The normalized spacial score (nSPS) is 16.1. The average molecular weight is 289 g/mol. The smallest absolute Gasteiger partial charge is 0.150 e. The van der Waals surface area contributed by atoms with Gasteiger partial charge in [0.2, 0.25) is 0 Å². The van der Waals surface area contributed by atoms with E-state index in [1.165, 1.54) is 12.5 Å². The van der Waals surface area contributed by atoms with Gasteiger partial charge in [0.25, 0.3) is 0 Å². The molecular formula is C14H22ClFN2O. The first-order valence-corrected chi connectivity index (χ1v) is 6.55. The Morgan fingerprint density at radius 3 is 2.42 bits per heavy atom. The fourth-order valence-electron chi connectivity index (χ4n) is 2.40. The van der Waals surface area contributed by atoms with Gasteiger partial charge in [0.15, 0.2) is 0 Å². The first-order valence-electron chi connectivity index (χ1n) is 6.55. The Balaban J connectivity index is 0.00000180. The second kappa shape index (κ2) is 7.56. The minimum absolute atomic E-state index is 0. The number of piperazine rings is 1. The van der Waals surface area contributed by atoms with Crippen LogP contribution in [0.5, 0.6) is 5.75 Å². The molecule has 1 aliphatic heterocycles. The van der Waals surface area contributed by atoms with Gasteiger partial charge in [-0.3, -0.25) is 4.90 Å². The number of halogens is 2. The summed E-state index contributed by atoms with van der Waals surface area (Å²) in [5.41, 5.74) is 0.687. The second-order valence-electron chi connectivity index (χ2n) is 4.65. The molecule has 3 nitrogen and oxygen atoms in total. The van der Waals surface area contributed by atoms with Gasteiger partial charge in [-0.1, -0.05) is 6.92 Å². The molecule has 108 valence electrons. The van der Waals surface area contributed by atoms with Crippen molar-refractivity contribution >= 4 is 18.1 Å². The van der Waals surface area contributed by atoms with Crippen LogP contribution >= 0.6 is 12.4 Å². The van der Waals surface area contributed by atoms with Gasteiger partial charge in [0.05, 0.1) is 12.8 Å². The zero-order valence-electron chi connectivity index (χ0n) is 11.6. The molecule has 0 spiro atoms. The molecule has 1 aromatic rings. The number of rotatable bonds is 4. The van der Waals surface area contributed by atoms with Crippen molar-refractivity contribution in [1.82, 2.24) is 4.90 Å². The lowest BCUT2D eigenvalue weighted by Crippen LogP contribution is -2.46. The number of benzene rings is 1. The van der Waals surface area contributed by atoms with Crippen molar-refractivity contribution in [1.29, 1.82) is 0 Å². The number of hydrogen-bond acceptors (Lipinski definition) is 3. The van der Waals surface area contributed by atoms with E-state index in [1.54, 1.807) is 7.11 Å². The summed E-state index contributed by atoms with van der Waals surface area (Å²) in [4.78, 5) is 4.54. The molecule has 0 bridgehead atoms. The van der Waals surface area contributed by atoms with Crippen LogP contribution in [0.2, 0.25) is 0 Å². The summed E-state index contributed by atoms with van der Waals surface area (Å²) in [6.45, 7) is 7.14. The van der Waals surface area contributed by atoms with Gasteiger partial charge in [0, 0.05) is 32.2 Å². The van der Waals surface area contributed by atoms with Crippen molar-refractivity contribution in [2.24, 2.45) is 0 Å². The van der Waals surface area contributed by atoms with Gasteiger partial charge < -0.3 is 9.64 Å². The molecule has 0 atom stereocenters. The van der Waals surface area contributed by atoms with E-state index in [1.807, 2.05) is 12.1 Å². The highest BCUT2D eigenvalue weighted by atomic mass is 35.5. The lowest BCUT2D eigenvalue weighted by molar-refractivity contribution is 0.258. The molecule has 19 heavy (non-hydrogen) atoms. The Bertz CT molecular complexity index is 395. The van der Waals surface area contributed by atoms with Crippen molar-refractivity contribution in [2.45, 2.75) is 13.3 Å². The summed E-state index contributed by atoms with van der Waals surface area (Å²) in [5, 5.41) is 0. The van der Waals surface area contributed by atoms with Gasteiger partial charge in [-0.2, -0.15) is 0 Å². The van der Waals surface area contributed by atoms with Crippen LogP contribution in [-0.2, 0) is 0 Å². The van der Waals surface area contributed by atoms with Crippen molar-refractivity contribution in [2.75, 3.05) is 44.7 Å². The molecule has 0 amide bonds. The maximum absolute atomic E-state index is 13.9. The van der Waals surface area contributed by atoms with Gasteiger partial charge in [-0.15, -0.1) is 12.4 Å². The van der Waals surface area contributed by atoms with Gasteiger partial charge in [-0.25, -0.2) is 4.39 Å². The van der Waals surface area contributed by atoms with Crippen molar-refractivity contribution in [3.8, 4) is 5.75 Å². The predicted octanol–water partition coefficient (Wildman–Crippen LogP) is 2.79. The van der Waals surface area contributed by atoms with E-state index in [-0.39, 0.29) is 18.2 Å². The molecule has 0 N–H and O–H groups in total. The van der Waals surface area contributed by atoms with Crippen LogP contribution < -0.4 is 9.64 Å². The largest absolute Gasteiger partial charge is 0.497 e. The molecule has 1 aliphatic rings. The minimum Gasteiger partial charge on any atom is -0.497 e. The van der Waals surface area contributed by atoms with Crippen LogP contribution in [0.4, 0.5) is 10.1 Å². The lowest BCUT2D eigenvalue weighted by Gasteiger charge is -2.36. The molecule has 2 rings (SSSR count). The highest BCUT2D eigenvalue weighted by molar-refractivity contribution is 5.85. The molecule has 1 fully saturated rings. The Hall–Kier alpha value is -1.000. The minimum atomic E-state index is -0.196. The van der Waals surface area contributed by atoms with Crippen LogP contribution in [0.1, 0.15) is 13.3 Å². The summed E-state index contributed by atoms with van der Waals surface area (Å²) >= 11 is 0. The highest BCUT2D eigenvalue weighted by Crippen LogP contribution is 2.24. The first kappa shape index (κ1) is 16.1. The van der Waals surface area contributed by atoms with Crippen molar-refractivity contribution in [3.63, 3.8) is 0 Å². The maximum atomic E-state index is 13.9. The average Bonchev–Trinajstić information content (AvgIpc) is 2.40. The van der Waals surface area contributed by atoms with Crippen LogP contribution in [0, 0.1) is 5.82 Å². The first-order chi connectivity index (χ1) is 8.74. The molecule has 1 heterocycles. The van der Waals surface area contributed by atoms with Crippen LogP contribution in [0.3, 0.4) is 0 Å². The predicted molar refractivity (Wildman–Crippen MR) is 79.1 cm³/mol. The van der Waals surface area contributed by atoms with E-state index >= 15 is 0 Å². The topological polar surface area (TPSA) is 15.7 Å². The Morgan fingerprint density at radius 2 is 1.89 bits per heavy atom. The Morgan fingerprint density at radius 1 is 1.21 bits per heavy atom. The van der Waals surface area contributed by atoms with E-state index in [0.29, 0.717) is 11.4 Å². The summed E-state index contributed by atoms with van der Waals surface area (Å²) in [6.07, 6.45) is 1.18. The van der Waals surface area contributed by atoms with Crippen LogP contribution in [0.25, 0.3) is 0 Å². The monoisotopic (exact) mass is 288 g/mol. The molecule has 5 heteroatoms. The highest BCUT2D eigenvalue weighted by Gasteiger charge is 2.18. The van der Waals surface area contributed by atoms with E-state index in [0.717, 1.165) is 32.7 Å². The Kier molecular flexibility index (Phi) is 6.38. The summed E-state index contributed by atoms with van der Waals surface area (Å²) in [6, 6.07) is 5.08. The van der Waals surface area contributed by atoms with Crippen LogP contribution in [-0.4, -0.2) is 44.7 Å². The quantitative estimate of drug-likeness (QED) is 0.847. The van der Waals surface area contributed by atoms with E-state index in [2.05, 4.69) is 16.7 Å². The fourth-order valence-corrected chi connectivity index (χ4v) is 2.40. The molecule has 1 aromatic carbocycles. The maximum Gasteiger partial charge on any atom is 0.150 e. The number of hydrogen-bond donors (Lipinski definition) is 0. The van der Waals surface area contributed by atoms with E-state index < -0.39 is 0 Å². The lowest BCUT2D eigenvalue weighted by atomic mass is 10.2. The van der Waals surface area contributed by atoms with Crippen LogP contribution in [0.15, 0.2) is 18.2 Å². The third-order valence-corrected chi connectivity index (χ3v) is 3.41. The number of ether oxygens (including phenoxy) is 1. The van der Waals surface area contributed by atoms with E-state index in [4.69, 9.17) is 4.74 Å². The number of methoxy groups -OCH3 is 1. The third-order valence-electron chi connectivity index (χ3n) is 3.41. The Labute approximate surface area is 120 Å². The molecule has 0 radical (unpaired) electrons. The van der Waals surface area contributed by atoms with E-state index in [9.17, 15) is 4.39 Å². The second-order valence-corrected chi connectivity index (χ2v) is 4.65. The SMILES string of the molecule is CCCN1CCN(c2ccc(OC)cc2F)CC1.Cl. The van der Waals surface area contributed by atoms with Gasteiger partial charge in [-0.05, 0) is 25.1 Å². The summed E-state index contributed by atoms with van der Waals surface area (Å²) < 4.78 is 19.0. The summed E-state index contributed by atoms with van der Waals surface area (Å²) in [7, 11) is 1.55. The molecule has 0 aromatic heterocycles. The zero-order chi connectivity index (χ0) is 13.0. The molecule has 1 saturated heterocycles. The van der Waals surface area contributed by atoms with Crippen molar-refractivity contribution < 1.29 is 9.13 Å². The van der Waals surface area contributed by atoms with Gasteiger partial charge in [0.1, 0.15) is 11.6 Å². The van der Waals surface area contributed by atoms with Gasteiger partial charge >= 0.3 is 0 Å². The molecule has 0 unspecified atom stereocenters. The molecular weight excluding hydrogens is 267 g/mol. The summed E-state index contributed by atoms with van der Waals surface area (Å²) in [5.74, 6) is 0.374. The molecule has 0 saturated carbocycles. The zero-order valence-corrected chi connectivity index (χ0v) is 12.4.